The lowest BCUT2D eigenvalue weighted by Crippen LogP contribution is -2.42. The van der Waals surface area contributed by atoms with Crippen molar-refractivity contribution in [3.05, 3.63) is 0 Å². The minimum absolute atomic E-state index is 0.752. The molecule has 2 rings (SSSR count). The first-order valence-electron chi connectivity index (χ1n) is 6.89. The van der Waals surface area contributed by atoms with Gasteiger partial charge in [0.1, 0.15) is 0 Å². The topological polar surface area (TPSA) is 24.1 Å². The highest BCUT2D eigenvalue weighted by molar-refractivity contribution is 4.75. The highest BCUT2D eigenvalue weighted by atomic mass is 15.0. The van der Waals surface area contributed by atoms with Crippen LogP contribution in [0.15, 0.2) is 0 Å². The standard InChI is InChI=1S/C13H26N2/c1-2-6-12(5-1)8-10-14-11-13-7-3-4-9-15-13/h12-15H,1-11H2. The van der Waals surface area contributed by atoms with Gasteiger partial charge in [-0.15, -0.1) is 0 Å². The minimum atomic E-state index is 0.752. The maximum atomic E-state index is 3.62. The predicted octanol–water partition coefficient (Wildman–Crippen LogP) is 2.30. The maximum absolute atomic E-state index is 3.62. The molecule has 1 atom stereocenters. The van der Waals surface area contributed by atoms with Gasteiger partial charge in [0, 0.05) is 12.6 Å². The van der Waals surface area contributed by atoms with E-state index in [2.05, 4.69) is 10.6 Å². The number of hydrogen-bond donors (Lipinski definition) is 2. The largest absolute Gasteiger partial charge is 0.315 e. The summed E-state index contributed by atoms with van der Waals surface area (Å²) in [4.78, 5) is 0. The molecule has 1 saturated heterocycles. The summed E-state index contributed by atoms with van der Waals surface area (Å²) in [6, 6.07) is 0.752. The molecule has 2 N–H and O–H groups in total. The average Bonchev–Trinajstić information content (AvgIpc) is 2.79. The number of rotatable bonds is 5. The van der Waals surface area contributed by atoms with E-state index in [-0.39, 0.29) is 0 Å². The molecule has 88 valence electrons. The molecule has 2 nitrogen and oxygen atoms in total. The maximum Gasteiger partial charge on any atom is 0.0192 e. The van der Waals surface area contributed by atoms with Crippen molar-refractivity contribution >= 4 is 0 Å². The molecule has 0 aromatic carbocycles. The fraction of sp³-hybridized carbons (Fsp3) is 1.00. The van der Waals surface area contributed by atoms with Crippen LogP contribution in [0, 0.1) is 5.92 Å². The van der Waals surface area contributed by atoms with Crippen molar-refractivity contribution in [1.82, 2.24) is 10.6 Å². The van der Waals surface area contributed by atoms with Gasteiger partial charge in [-0.3, -0.25) is 0 Å². The number of nitrogens with one attached hydrogen (secondary N) is 2. The number of hydrogen-bond acceptors (Lipinski definition) is 2. The van der Waals surface area contributed by atoms with Crippen molar-refractivity contribution in [3.63, 3.8) is 0 Å². The first-order valence-corrected chi connectivity index (χ1v) is 6.89. The second-order valence-corrected chi connectivity index (χ2v) is 5.29. The SMILES string of the molecule is C1CCC(CNCCC2CCCC2)NC1. The third-order valence-electron chi connectivity index (χ3n) is 4.01. The van der Waals surface area contributed by atoms with Gasteiger partial charge in [-0.05, 0) is 38.3 Å². The van der Waals surface area contributed by atoms with E-state index in [0.29, 0.717) is 0 Å². The van der Waals surface area contributed by atoms with Crippen LogP contribution in [0.3, 0.4) is 0 Å². The van der Waals surface area contributed by atoms with Gasteiger partial charge in [-0.25, -0.2) is 0 Å². The molecular weight excluding hydrogens is 184 g/mol. The molecule has 15 heavy (non-hydrogen) atoms. The zero-order chi connectivity index (χ0) is 10.3. The van der Waals surface area contributed by atoms with Crippen molar-refractivity contribution < 1.29 is 0 Å². The second-order valence-electron chi connectivity index (χ2n) is 5.29. The van der Waals surface area contributed by atoms with Crippen LogP contribution >= 0.6 is 0 Å². The van der Waals surface area contributed by atoms with Crippen LogP contribution in [0.2, 0.25) is 0 Å². The van der Waals surface area contributed by atoms with Crippen LogP contribution in [-0.2, 0) is 0 Å². The zero-order valence-electron chi connectivity index (χ0n) is 9.93. The normalized spacial score (nSPS) is 28.4. The van der Waals surface area contributed by atoms with Crippen molar-refractivity contribution in [1.29, 1.82) is 0 Å². The summed E-state index contributed by atoms with van der Waals surface area (Å²) in [5.74, 6) is 1.04. The van der Waals surface area contributed by atoms with Crippen molar-refractivity contribution in [2.45, 2.75) is 57.4 Å². The van der Waals surface area contributed by atoms with Crippen molar-refractivity contribution in [2.75, 3.05) is 19.6 Å². The second kappa shape index (κ2) is 6.49. The van der Waals surface area contributed by atoms with E-state index in [9.17, 15) is 0 Å². The Morgan fingerprint density at radius 1 is 1.00 bits per heavy atom. The third-order valence-corrected chi connectivity index (χ3v) is 4.01. The molecular formula is C13H26N2. The van der Waals surface area contributed by atoms with Gasteiger partial charge >= 0.3 is 0 Å². The Labute approximate surface area is 94.2 Å². The number of piperidine rings is 1. The van der Waals surface area contributed by atoms with Crippen LogP contribution in [0.25, 0.3) is 0 Å². The van der Waals surface area contributed by atoms with E-state index in [1.807, 2.05) is 0 Å². The fourth-order valence-corrected chi connectivity index (χ4v) is 2.98. The predicted molar refractivity (Wildman–Crippen MR) is 65.1 cm³/mol. The summed E-state index contributed by atoms with van der Waals surface area (Å²) in [6.07, 6.45) is 11.5. The molecule has 1 heterocycles. The highest BCUT2D eigenvalue weighted by Crippen LogP contribution is 2.26. The minimum Gasteiger partial charge on any atom is -0.315 e. The van der Waals surface area contributed by atoms with Crippen molar-refractivity contribution in [3.8, 4) is 0 Å². The first-order chi connectivity index (χ1) is 7.45. The third kappa shape index (κ3) is 4.12. The summed E-state index contributed by atoms with van der Waals surface area (Å²) in [5, 5.41) is 7.20. The monoisotopic (exact) mass is 210 g/mol. The molecule has 2 fully saturated rings. The summed E-state index contributed by atoms with van der Waals surface area (Å²) in [5.41, 5.74) is 0. The van der Waals surface area contributed by atoms with Gasteiger partial charge in [0.15, 0.2) is 0 Å². The van der Waals surface area contributed by atoms with Gasteiger partial charge in [0.05, 0.1) is 0 Å². The van der Waals surface area contributed by atoms with Crippen LogP contribution in [0.4, 0.5) is 0 Å². The van der Waals surface area contributed by atoms with Crippen LogP contribution in [0.5, 0.6) is 0 Å². The van der Waals surface area contributed by atoms with E-state index in [1.165, 1.54) is 71.0 Å². The van der Waals surface area contributed by atoms with E-state index in [0.717, 1.165) is 12.0 Å². The van der Waals surface area contributed by atoms with Crippen LogP contribution < -0.4 is 10.6 Å². The molecule has 2 aliphatic rings. The van der Waals surface area contributed by atoms with E-state index < -0.39 is 0 Å². The Morgan fingerprint density at radius 3 is 2.53 bits per heavy atom. The fourth-order valence-electron chi connectivity index (χ4n) is 2.98. The van der Waals surface area contributed by atoms with E-state index >= 15 is 0 Å². The average molecular weight is 210 g/mol. The van der Waals surface area contributed by atoms with Crippen LogP contribution in [-0.4, -0.2) is 25.7 Å². The summed E-state index contributed by atoms with van der Waals surface area (Å²) in [6.45, 7) is 3.66. The molecule has 2 heteroatoms. The van der Waals surface area contributed by atoms with E-state index in [4.69, 9.17) is 0 Å². The zero-order valence-corrected chi connectivity index (χ0v) is 9.93. The summed E-state index contributed by atoms with van der Waals surface area (Å²) in [7, 11) is 0. The van der Waals surface area contributed by atoms with Gasteiger partial charge in [-0.1, -0.05) is 32.1 Å². The van der Waals surface area contributed by atoms with Gasteiger partial charge in [0.25, 0.3) is 0 Å². The summed E-state index contributed by atoms with van der Waals surface area (Å²) < 4.78 is 0. The lowest BCUT2D eigenvalue weighted by atomic mass is 10.0. The lowest BCUT2D eigenvalue weighted by Gasteiger charge is -2.24. The quantitative estimate of drug-likeness (QED) is 0.680. The van der Waals surface area contributed by atoms with E-state index in [1.54, 1.807) is 0 Å². The molecule has 1 aliphatic carbocycles. The smallest absolute Gasteiger partial charge is 0.0192 e. The molecule has 0 spiro atoms. The van der Waals surface area contributed by atoms with Gasteiger partial charge in [0.2, 0.25) is 0 Å². The van der Waals surface area contributed by atoms with Gasteiger partial charge in [-0.2, -0.15) is 0 Å². The molecule has 0 amide bonds. The Morgan fingerprint density at radius 2 is 1.80 bits per heavy atom. The molecule has 0 aromatic heterocycles. The first kappa shape index (κ1) is 11.4. The highest BCUT2D eigenvalue weighted by Gasteiger charge is 2.15. The Bertz CT molecular complexity index is 158. The van der Waals surface area contributed by atoms with Crippen LogP contribution in [0.1, 0.15) is 51.4 Å². The van der Waals surface area contributed by atoms with Gasteiger partial charge < -0.3 is 10.6 Å². The molecule has 0 aromatic rings. The Balaban J connectivity index is 1.47. The molecule has 0 radical (unpaired) electrons. The molecule has 1 aliphatic heterocycles. The molecule has 0 bridgehead atoms. The van der Waals surface area contributed by atoms with Crippen molar-refractivity contribution in [2.24, 2.45) is 5.92 Å². The molecule has 1 unspecified atom stereocenters. The molecule has 1 saturated carbocycles. The summed E-state index contributed by atoms with van der Waals surface area (Å²) >= 11 is 0. The Hall–Kier alpha value is -0.0800. The lowest BCUT2D eigenvalue weighted by molar-refractivity contribution is 0.375. The Kier molecular flexibility index (Phi) is 4.94.